The number of hydrogen-bond donors (Lipinski definition) is 2. The molecule has 1 aromatic carbocycles. The highest BCUT2D eigenvalue weighted by molar-refractivity contribution is 7.88. The average molecular weight is 360 g/mol. The molecule has 23 heavy (non-hydrogen) atoms. The van der Waals surface area contributed by atoms with E-state index in [4.69, 9.17) is 4.74 Å². The van der Waals surface area contributed by atoms with Crippen LogP contribution >= 0.6 is 12.4 Å². The molecule has 0 aliphatic carbocycles. The highest BCUT2D eigenvalue weighted by atomic mass is 35.5. The molecule has 0 saturated heterocycles. The first-order valence-corrected chi connectivity index (χ1v) is 8.77. The Bertz CT molecular complexity index is 705. The van der Waals surface area contributed by atoms with Crippen molar-refractivity contribution < 1.29 is 13.2 Å². The summed E-state index contributed by atoms with van der Waals surface area (Å²) in [5, 5.41) is 4.03. The Balaban J connectivity index is 0.00000264. The van der Waals surface area contributed by atoms with E-state index in [2.05, 4.69) is 15.0 Å². The number of benzene rings is 1. The number of aromatic nitrogens is 1. The molecule has 0 bridgehead atoms. The molecule has 0 fully saturated rings. The summed E-state index contributed by atoms with van der Waals surface area (Å²) >= 11 is 0. The van der Waals surface area contributed by atoms with Gasteiger partial charge in [-0.1, -0.05) is 24.3 Å². The largest absolute Gasteiger partial charge is 0.383 e. The molecule has 1 aromatic heterocycles. The first kappa shape index (κ1) is 19.8. The SMILES string of the molecule is COCCNCCNS(=O)(=O)Cc1cccc2cccnc12.Cl. The van der Waals surface area contributed by atoms with Crippen LogP contribution in [-0.4, -0.2) is 46.8 Å². The van der Waals surface area contributed by atoms with E-state index in [9.17, 15) is 8.42 Å². The molecule has 128 valence electrons. The van der Waals surface area contributed by atoms with Crippen molar-refractivity contribution in [3.8, 4) is 0 Å². The first-order chi connectivity index (χ1) is 10.6. The zero-order valence-corrected chi connectivity index (χ0v) is 14.6. The van der Waals surface area contributed by atoms with Gasteiger partial charge in [-0.25, -0.2) is 13.1 Å². The Morgan fingerprint density at radius 3 is 2.70 bits per heavy atom. The Morgan fingerprint density at radius 2 is 1.91 bits per heavy atom. The van der Waals surface area contributed by atoms with Crippen molar-refractivity contribution in [1.29, 1.82) is 0 Å². The van der Waals surface area contributed by atoms with Crippen LogP contribution in [0.1, 0.15) is 5.56 Å². The monoisotopic (exact) mass is 359 g/mol. The van der Waals surface area contributed by atoms with Crippen molar-refractivity contribution in [2.24, 2.45) is 0 Å². The van der Waals surface area contributed by atoms with Crippen LogP contribution in [-0.2, 0) is 20.5 Å². The maximum Gasteiger partial charge on any atom is 0.215 e. The Kier molecular flexibility index (Phi) is 8.43. The highest BCUT2D eigenvalue weighted by Crippen LogP contribution is 2.17. The van der Waals surface area contributed by atoms with Gasteiger partial charge in [0.25, 0.3) is 0 Å². The summed E-state index contributed by atoms with van der Waals surface area (Å²) in [7, 11) is -1.75. The Hall–Kier alpha value is -1.25. The number of nitrogens with one attached hydrogen (secondary N) is 2. The lowest BCUT2D eigenvalue weighted by Crippen LogP contribution is -2.33. The summed E-state index contributed by atoms with van der Waals surface area (Å²) in [6, 6.07) is 9.33. The maximum atomic E-state index is 12.1. The van der Waals surface area contributed by atoms with Gasteiger partial charge in [-0.3, -0.25) is 4.98 Å². The van der Waals surface area contributed by atoms with E-state index < -0.39 is 10.0 Å². The first-order valence-electron chi connectivity index (χ1n) is 7.12. The molecule has 0 unspecified atom stereocenters. The molecule has 0 saturated carbocycles. The number of rotatable bonds is 9. The fourth-order valence-corrected chi connectivity index (χ4v) is 3.29. The lowest BCUT2D eigenvalue weighted by atomic mass is 10.1. The zero-order valence-electron chi connectivity index (χ0n) is 13.0. The van der Waals surface area contributed by atoms with Gasteiger partial charge in [-0.2, -0.15) is 0 Å². The molecule has 2 aromatic rings. The van der Waals surface area contributed by atoms with Crippen molar-refractivity contribution in [2.45, 2.75) is 5.75 Å². The lowest BCUT2D eigenvalue weighted by molar-refractivity contribution is 0.199. The maximum absolute atomic E-state index is 12.1. The smallest absolute Gasteiger partial charge is 0.215 e. The molecule has 2 rings (SSSR count). The molecule has 0 spiro atoms. The van der Waals surface area contributed by atoms with Gasteiger partial charge in [-0.15, -0.1) is 12.4 Å². The van der Waals surface area contributed by atoms with Gasteiger partial charge < -0.3 is 10.1 Å². The number of methoxy groups -OCH3 is 1. The second-order valence-corrected chi connectivity index (χ2v) is 6.70. The van der Waals surface area contributed by atoms with Gasteiger partial charge in [0.05, 0.1) is 17.9 Å². The van der Waals surface area contributed by atoms with Gasteiger partial charge in [0.1, 0.15) is 0 Å². The minimum atomic E-state index is -3.38. The summed E-state index contributed by atoms with van der Waals surface area (Å²) in [4.78, 5) is 4.28. The van der Waals surface area contributed by atoms with Gasteiger partial charge in [0.2, 0.25) is 10.0 Å². The van der Waals surface area contributed by atoms with E-state index in [0.29, 0.717) is 31.8 Å². The number of ether oxygens (including phenoxy) is 1. The topological polar surface area (TPSA) is 80.3 Å². The highest BCUT2D eigenvalue weighted by Gasteiger charge is 2.13. The molecule has 0 amide bonds. The Labute approximate surface area is 143 Å². The van der Waals surface area contributed by atoms with Crippen molar-refractivity contribution in [3.63, 3.8) is 0 Å². The van der Waals surface area contributed by atoms with Gasteiger partial charge in [0.15, 0.2) is 0 Å². The molecule has 1 heterocycles. The summed E-state index contributed by atoms with van der Waals surface area (Å²) < 4.78 is 31.8. The van der Waals surface area contributed by atoms with Crippen LogP contribution in [0.4, 0.5) is 0 Å². The van der Waals surface area contributed by atoms with Crippen LogP contribution < -0.4 is 10.0 Å². The van der Waals surface area contributed by atoms with E-state index in [1.54, 1.807) is 19.4 Å². The van der Waals surface area contributed by atoms with Gasteiger partial charge in [0, 0.05) is 38.3 Å². The minimum absolute atomic E-state index is 0. The standard InChI is InChI=1S/C15H21N3O3S.ClH/c1-21-11-10-16-8-9-18-22(19,20)12-14-5-2-4-13-6-3-7-17-15(13)14;/h2-7,16,18H,8-12H2,1H3;1H. The van der Waals surface area contributed by atoms with Crippen LogP contribution in [0.25, 0.3) is 10.9 Å². The molecule has 2 N–H and O–H groups in total. The fourth-order valence-electron chi connectivity index (χ4n) is 2.13. The summed E-state index contributed by atoms with van der Waals surface area (Å²) in [6.45, 7) is 2.22. The molecule has 0 aliphatic heterocycles. The summed E-state index contributed by atoms with van der Waals surface area (Å²) in [6.07, 6.45) is 1.67. The van der Waals surface area contributed by atoms with E-state index in [1.807, 2.05) is 24.3 Å². The van der Waals surface area contributed by atoms with Crippen LogP contribution in [0.2, 0.25) is 0 Å². The number of sulfonamides is 1. The van der Waals surface area contributed by atoms with Crippen LogP contribution in [0.5, 0.6) is 0 Å². The third-order valence-electron chi connectivity index (χ3n) is 3.17. The van der Waals surface area contributed by atoms with Crippen molar-refractivity contribution in [2.75, 3.05) is 33.4 Å². The number of hydrogen-bond acceptors (Lipinski definition) is 5. The molecule has 0 aliphatic rings. The third-order valence-corrected chi connectivity index (χ3v) is 4.50. The average Bonchev–Trinajstić information content (AvgIpc) is 2.51. The quantitative estimate of drug-likeness (QED) is 0.660. The fraction of sp³-hybridized carbons (Fsp3) is 0.400. The predicted octanol–water partition coefficient (Wildman–Crippen LogP) is 1.31. The molecular weight excluding hydrogens is 338 g/mol. The number of nitrogens with zero attached hydrogens (tertiary/aromatic N) is 1. The molecule has 0 atom stereocenters. The second-order valence-electron chi connectivity index (χ2n) is 4.89. The van der Waals surface area contributed by atoms with Gasteiger partial charge in [-0.05, 0) is 11.6 Å². The summed E-state index contributed by atoms with van der Waals surface area (Å²) in [5.41, 5.74) is 1.44. The van der Waals surface area contributed by atoms with Crippen molar-refractivity contribution >= 4 is 33.3 Å². The van der Waals surface area contributed by atoms with E-state index in [-0.39, 0.29) is 18.2 Å². The van der Waals surface area contributed by atoms with Crippen molar-refractivity contribution in [1.82, 2.24) is 15.0 Å². The Morgan fingerprint density at radius 1 is 1.13 bits per heavy atom. The third kappa shape index (κ3) is 6.40. The van der Waals surface area contributed by atoms with Crippen LogP contribution in [0.3, 0.4) is 0 Å². The number of fused-ring (bicyclic) bond motifs is 1. The van der Waals surface area contributed by atoms with Crippen LogP contribution in [0, 0.1) is 0 Å². The molecular formula is C15H22ClN3O3S. The van der Waals surface area contributed by atoms with Gasteiger partial charge >= 0.3 is 0 Å². The minimum Gasteiger partial charge on any atom is -0.383 e. The molecule has 6 nitrogen and oxygen atoms in total. The summed E-state index contributed by atoms with van der Waals surface area (Å²) in [5.74, 6) is -0.0700. The molecule has 0 radical (unpaired) electrons. The van der Waals surface area contributed by atoms with E-state index in [0.717, 1.165) is 10.9 Å². The molecule has 8 heteroatoms. The van der Waals surface area contributed by atoms with Crippen molar-refractivity contribution in [3.05, 3.63) is 42.1 Å². The lowest BCUT2D eigenvalue weighted by Gasteiger charge is -2.09. The van der Waals surface area contributed by atoms with Crippen LogP contribution in [0.15, 0.2) is 36.5 Å². The second kappa shape index (κ2) is 9.79. The predicted molar refractivity (Wildman–Crippen MR) is 94.4 cm³/mol. The normalized spacial score (nSPS) is 11.3. The van der Waals surface area contributed by atoms with E-state index >= 15 is 0 Å². The zero-order chi connectivity index (χ0) is 15.8. The number of para-hydroxylation sites is 1. The number of pyridine rings is 1. The van der Waals surface area contributed by atoms with E-state index in [1.165, 1.54) is 0 Å². The number of halogens is 1.